The average molecular weight is 328 g/mol. The van der Waals surface area contributed by atoms with Crippen LogP contribution in [-0.2, 0) is 6.54 Å². The van der Waals surface area contributed by atoms with Crippen LogP contribution in [-0.4, -0.2) is 24.1 Å². The summed E-state index contributed by atoms with van der Waals surface area (Å²) in [5, 5.41) is 3.48. The van der Waals surface area contributed by atoms with E-state index in [1.165, 1.54) is 5.56 Å². The molecule has 0 bridgehead atoms. The van der Waals surface area contributed by atoms with Crippen LogP contribution in [0.5, 0.6) is 0 Å². The molecule has 0 amide bonds. The number of rotatable bonds is 8. The molecule has 0 saturated heterocycles. The first-order valence-corrected chi connectivity index (χ1v) is 8.00. The van der Waals surface area contributed by atoms with Crippen LogP contribution in [0.4, 0.5) is 5.82 Å². The minimum atomic E-state index is 0.484. The Labute approximate surface area is 125 Å². The zero-order valence-corrected chi connectivity index (χ0v) is 14.1. The van der Waals surface area contributed by atoms with E-state index in [1.54, 1.807) is 0 Å². The van der Waals surface area contributed by atoms with E-state index in [2.05, 4.69) is 64.9 Å². The minimum Gasteiger partial charge on any atom is -0.356 e. The van der Waals surface area contributed by atoms with E-state index < -0.39 is 0 Å². The van der Waals surface area contributed by atoms with Gasteiger partial charge in [0.2, 0.25) is 0 Å². The molecule has 0 radical (unpaired) electrons. The predicted molar refractivity (Wildman–Crippen MR) is 86.7 cm³/mol. The molecule has 0 aromatic carbocycles. The Kier molecular flexibility index (Phi) is 7.39. The second kappa shape index (κ2) is 8.54. The van der Waals surface area contributed by atoms with Gasteiger partial charge >= 0.3 is 0 Å². The van der Waals surface area contributed by atoms with Crippen molar-refractivity contribution in [2.75, 3.05) is 18.0 Å². The second-order valence-corrected chi connectivity index (χ2v) is 6.07. The van der Waals surface area contributed by atoms with Gasteiger partial charge in [0.15, 0.2) is 0 Å². The lowest BCUT2D eigenvalue weighted by Gasteiger charge is -2.25. The zero-order valence-electron chi connectivity index (χ0n) is 12.5. The molecular formula is C15H26BrN3. The Balaban J connectivity index is 2.95. The fraction of sp³-hybridized carbons (Fsp3) is 0.667. The molecule has 0 fully saturated rings. The van der Waals surface area contributed by atoms with Crippen LogP contribution in [0, 0.1) is 0 Å². The normalized spacial score (nSPS) is 11.1. The van der Waals surface area contributed by atoms with Crippen molar-refractivity contribution in [2.45, 2.75) is 53.1 Å². The van der Waals surface area contributed by atoms with Crippen molar-refractivity contribution in [1.29, 1.82) is 0 Å². The van der Waals surface area contributed by atoms with E-state index >= 15 is 0 Å². The van der Waals surface area contributed by atoms with Gasteiger partial charge in [-0.1, -0.05) is 27.7 Å². The standard InChI is InChI=1S/C15H26BrN3/c1-5-7-19(8-6-2)15-13(10-17-12(3)4)9-14(16)11-18-15/h9,11-12,17H,5-8,10H2,1-4H3. The largest absolute Gasteiger partial charge is 0.356 e. The third-order valence-electron chi connectivity index (χ3n) is 2.90. The number of nitrogens with zero attached hydrogens (tertiary/aromatic N) is 2. The van der Waals surface area contributed by atoms with Crippen molar-refractivity contribution in [2.24, 2.45) is 0 Å². The van der Waals surface area contributed by atoms with Crippen LogP contribution >= 0.6 is 15.9 Å². The first kappa shape index (κ1) is 16.4. The van der Waals surface area contributed by atoms with Crippen LogP contribution in [0.15, 0.2) is 16.7 Å². The van der Waals surface area contributed by atoms with E-state index in [9.17, 15) is 0 Å². The molecule has 4 heteroatoms. The maximum Gasteiger partial charge on any atom is 0.133 e. The number of hydrogen-bond donors (Lipinski definition) is 1. The van der Waals surface area contributed by atoms with Crippen LogP contribution in [0.1, 0.15) is 46.1 Å². The molecule has 1 heterocycles. The highest BCUT2D eigenvalue weighted by Gasteiger charge is 2.12. The molecule has 0 atom stereocenters. The van der Waals surface area contributed by atoms with Crippen LogP contribution in [0.3, 0.4) is 0 Å². The number of aromatic nitrogens is 1. The molecule has 0 saturated carbocycles. The summed E-state index contributed by atoms with van der Waals surface area (Å²) in [6.45, 7) is 11.8. The van der Waals surface area contributed by atoms with Gasteiger partial charge in [0.1, 0.15) is 5.82 Å². The highest BCUT2D eigenvalue weighted by molar-refractivity contribution is 9.10. The second-order valence-electron chi connectivity index (χ2n) is 5.16. The summed E-state index contributed by atoms with van der Waals surface area (Å²) in [7, 11) is 0. The van der Waals surface area contributed by atoms with Gasteiger partial charge in [-0.2, -0.15) is 0 Å². The summed E-state index contributed by atoms with van der Waals surface area (Å²) < 4.78 is 1.05. The number of pyridine rings is 1. The zero-order chi connectivity index (χ0) is 14.3. The highest BCUT2D eigenvalue weighted by Crippen LogP contribution is 2.22. The quantitative estimate of drug-likeness (QED) is 0.783. The lowest BCUT2D eigenvalue weighted by atomic mass is 10.2. The van der Waals surface area contributed by atoms with E-state index in [4.69, 9.17) is 0 Å². The molecular weight excluding hydrogens is 302 g/mol. The average Bonchev–Trinajstić information content (AvgIpc) is 2.36. The van der Waals surface area contributed by atoms with Crippen LogP contribution < -0.4 is 10.2 Å². The summed E-state index contributed by atoms with van der Waals surface area (Å²) in [4.78, 5) is 7.03. The van der Waals surface area contributed by atoms with Gasteiger partial charge in [0.25, 0.3) is 0 Å². The molecule has 1 aromatic rings. The molecule has 3 nitrogen and oxygen atoms in total. The summed E-state index contributed by atoms with van der Waals surface area (Å²) in [5.74, 6) is 1.13. The summed E-state index contributed by atoms with van der Waals surface area (Å²) in [6, 6.07) is 2.66. The van der Waals surface area contributed by atoms with Gasteiger partial charge in [-0.05, 0) is 34.8 Å². The smallest absolute Gasteiger partial charge is 0.133 e. The maximum absolute atomic E-state index is 4.63. The molecule has 108 valence electrons. The Bertz CT molecular complexity index is 374. The molecule has 1 N–H and O–H groups in total. The SMILES string of the molecule is CCCN(CCC)c1ncc(Br)cc1CNC(C)C. The van der Waals surface area contributed by atoms with Crippen LogP contribution in [0.2, 0.25) is 0 Å². The topological polar surface area (TPSA) is 28.2 Å². The monoisotopic (exact) mass is 327 g/mol. The number of hydrogen-bond acceptors (Lipinski definition) is 3. The van der Waals surface area contributed by atoms with Gasteiger partial charge in [-0.15, -0.1) is 0 Å². The predicted octanol–water partition coefficient (Wildman–Crippen LogP) is 3.97. The maximum atomic E-state index is 4.63. The van der Waals surface area contributed by atoms with E-state index in [0.29, 0.717) is 6.04 Å². The molecule has 1 aromatic heterocycles. The molecule has 0 aliphatic heterocycles. The van der Waals surface area contributed by atoms with Gasteiger partial charge in [-0.3, -0.25) is 0 Å². The van der Waals surface area contributed by atoms with Crippen molar-refractivity contribution in [3.8, 4) is 0 Å². The lowest BCUT2D eigenvalue weighted by Crippen LogP contribution is -2.29. The number of nitrogens with one attached hydrogen (secondary N) is 1. The van der Waals surface area contributed by atoms with Crippen LogP contribution in [0.25, 0.3) is 0 Å². The lowest BCUT2D eigenvalue weighted by molar-refractivity contribution is 0.585. The fourth-order valence-corrected chi connectivity index (χ4v) is 2.45. The van der Waals surface area contributed by atoms with Gasteiger partial charge < -0.3 is 10.2 Å². The Hall–Kier alpha value is -0.610. The third kappa shape index (κ3) is 5.49. The third-order valence-corrected chi connectivity index (χ3v) is 3.33. The van der Waals surface area contributed by atoms with Gasteiger partial charge in [-0.25, -0.2) is 4.98 Å². The van der Waals surface area contributed by atoms with E-state index in [0.717, 1.165) is 42.8 Å². The van der Waals surface area contributed by atoms with Crippen molar-refractivity contribution in [1.82, 2.24) is 10.3 Å². The van der Waals surface area contributed by atoms with Gasteiger partial charge in [0, 0.05) is 41.9 Å². The van der Waals surface area contributed by atoms with Crippen molar-refractivity contribution >= 4 is 21.7 Å². The summed E-state index contributed by atoms with van der Waals surface area (Å²) in [5.41, 5.74) is 1.27. The summed E-state index contributed by atoms with van der Waals surface area (Å²) >= 11 is 3.52. The molecule has 1 rings (SSSR count). The van der Waals surface area contributed by atoms with Crippen molar-refractivity contribution in [3.05, 3.63) is 22.3 Å². The first-order chi connectivity index (χ1) is 9.08. The van der Waals surface area contributed by atoms with E-state index in [-0.39, 0.29) is 0 Å². The molecule has 0 aliphatic rings. The molecule has 0 spiro atoms. The molecule has 19 heavy (non-hydrogen) atoms. The summed E-state index contributed by atoms with van der Waals surface area (Å²) in [6.07, 6.45) is 4.19. The first-order valence-electron chi connectivity index (χ1n) is 7.21. The minimum absolute atomic E-state index is 0.484. The number of anilines is 1. The van der Waals surface area contributed by atoms with Crippen molar-refractivity contribution in [3.63, 3.8) is 0 Å². The fourth-order valence-electron chi connectivity index (χ4n) is 2.07. The molecule has 0 aliphatic carbocycles. The van der Waals surface area contributed by atoms with Crippen molar-refractivity contribution < 1.29 is 0 Å². The van der Waals surface area contributed by atoms with E-state index in [1.807, 2.05) is 6.20 Å². The Morgan fingerprint density at radius 2 is 1.89 bits per heavy atom. The number of halogens is 1. The molecule has 0 unspecified atom stereocenters. The Morgan fingerprint density at radius 3 is 2.42 bits per heavy atom. The van der Waals surface area contributed by atoms with Gasteiger partial charge in [0.05, 0.1) is 0 Å². The highest BCUT2D eigenvalue weighted by atomic mass is 79.9. The Morgan fingerprint density at radius 1 is 1.26 bits per heavy atom.